The molecule has 1 spiro atoms. The van der Waals surface area contributed by atoms with E-state index in [0.29, 0.717) is 28.6 Å². The maximum atomic E-state index is 12.9. The number of allylic oxidation sites excluding steroid dienone is 1. The lowest BCUT2D eigenvalue weighted by Crippen LogP contribution is -2.59. The Morgan fingerprint density at radius 3 is 2.51 bits per heavy atom. The van der Waals surface area contributed by atoms with Crippen molar-refractivity contribution in [3.05, 3.63) is 12.7 Å². The zero-order valence-corrected chi connectivity index (χ0v) is 23.7. The Morgan fingerprint density at radius 2 is 1.89 bits per heavy atom. The van der Waals surface area contributed by atoms with E-state index >= 15 is 0 Å². The van der Waals surface area contributed by atoms with Crippen LogP contribution < -0.4 is 0 Å². The maximum absolute atomic E-state index is 12.9. The molecule has 5 aliphatic rings. The average molecular weight is 504 g/mol. The third kappa shape index (κ3) is 5.71. The van der Waals surface area contributed by atoms with Gasteiger partial charge in [-0.1, -0.05) is 40.2 Å². The van der Waals surface area contributed by atoms with E-state index in [1.54, 1.807) is 0 Å². The number of hydrogen-bond acceptors (Lipinski definition) is 5. The summed E-state index contributed by atoms with van der Waals surface area (Å²) in [7, 11) is 2.24. The number of thioether (sulfide) groups is 1. The lowest BCUT2D eigenvalue weighted by Gasteiger charge is -2.53. The van der Waals surface area contributed by atoms with Crippen LogP contribution in [0, 0.1) is 28.6 Å². The summed E-state index contributed by atoms with van der Waals surface area (Å²) >= 11 is 1.82. The van der Waals surface area contributed by atoms with Crippen molar-refractivity contribution < 1.29 is 14.3 Å². The lowest BCUT2D eigenvalue weighted by atomic mass is 9.59. The van der Waals surface area contributed by atoms with Crippen LogP contribution in [-0.4, -0.2) is 52.9 Å². The van der Waals surface area contributed by atoms with Crippen LogP contribution in [0.4, 0.5) is 0 Å². The van der Waals surface area contributed by atoms with Gasteiger partial charge < -0.3 is 9.64 Å². The van der Waals surface area contributed by atoms with Gasteiger partial charge >= 0.3 is 5.97 Å². The van der Waals surface area contributed by atoms with E-state index < -0.39 is 0 Å². The Kier molecular flexibility index (Phi) is 8.47. The molecule has 35 heavy (non-hydrogen) atoms. The average Bonchev–Trinajstić information content (AvgIpc) is 3.16. The van der Waals surface area contributed by atoms with Crippen molar-refractivity contribution in [3.8, 4) is 0 Å². The standard InChI is InChI=1S/C30H49NO3S/c1-7-26-27(32)10-12-30(26)11-9-20(3)13-24(18-29(5,8-2)17-21(30)4)34-28(33)19-35-25-15-22-14-23(16-25)31(22)6/h8,20-26H,2,7,9-19H2,1,3-6H3/t20-,21+,22-,23+,24+,25?,26-,29+,30+/m1/s1. The first-order chi connectivity index (χ1) is 16.6. The Labute approximate surface area is 218 Å². The van der Waals surface area contributed by atoms with E-state index in [1.165, 1.54) is 19.3 Å². The Morgan fingerprint density at radius 1 is 1.17 bits per heavy atom. The molecule has 198 valence electrons. The SMILES string of the molecule is C=C[C@]1(C)C[C@@H](OC(=O)CSC2C[C@@H]3C[C@H](C2)N3C)C[C@H](C)CC[C@]2(CCC(=O)[C@H]2CC)[C@@H](C)C1. The zero-order valence-electron chi connectivity index (χ0n) is 22.9. The summed E-state index contributed by atoms with van der Waals surface area (Å²) in [6.45, 7) is 13.4. The quantitative estimate of drug-likeness (QED) is 0.299. The summed E-state index contributed by atoms with van der Waals surface area (Å²) in [5.41, 5.74) is 0.0278. The maximum Gasteiger partial charge on any atom is 0.316 e. The first-order valence-corrected chi connectivity index (χ1v) is 15.3. The van der Waals surface area contributed by atoms with Crippen LogP contribution >= 0.6 is 11.8 Å². The second-order valence-electron chi connectivity index (χ2n) is 12.9. The number of nitrogens with zero attached hydrogens (tertiary/aromatic N) is 1. The minimum Gasteiger partial charge on any atom is -0.462 e. The third-order valence-electron chi connectivity index (χ3n) is 10.5. The second-order valence-corrected chi connectivity index (χ2v) is 14.2. The number of carbonyl (C=O) groups excluding carboxylic acids is 2. The molecular weight excluding hydrogens is 454 g/mol. The van der Waals surface area contributed by atoms with Crippen LogP contribution in [0.3, 0.4) is 0 Å². The first-order valence-electron chi connectivity index (χ1n) is 14.3. The minimum atomic E-state index is -0.0965. The molecule has 0 aromatic heterocycles. The molecular formula is C30H49NO3S. The van der Waals surface area contributed by atoms with Gasteiger partial charge in [0.25, 0.3) is 0 Å². The molecule has 9 atom stereocenters. The minimum absolute atomic E-state index is 0.0415. The molecule has 5 heteroatoms. The molecule has 0 aromatic rings. The smallest absolute Gasteiger partial charge is 0.316 e. The molecule has 5 rings (SSSR count). The van der Waals surface area contributed by atoms with Gasteiger partial charge in [-0.3, -0.25) is 9.59 Å². The van der Waals surface area contributed by atoms with Crippen molar-refractivity contribution in [2.24, 2.45) is 28.6 Å². The van der Waals surface area contributed by atoms with Gasteiger partial charge in [-0.05, 0) is 87.5 Å². The van der Waals surface area contributed by atoms with Crippen molar-refractivity contribution in [2.75, 3.05) is 12.8 Å². The highest BCUT2D eigenvalue weighted by Gasteiger charge is 2.51. The summed E-state index contributed by atoms with van der Waals surface area (Å²) in [6, 6.07) is 1.45. The molecule has 4 nitrogen and oxygen atoms in total. The highest BCUT2D eigenvalue weighted by molar-refractivity contribution is 8.00. The highest BCUT2D eigenvalue weighted by atomic mass is 32.2. The topological polar surface area (TPSA) is 46.6 Å². The number of piperidine rings is 1. The molecule has 2 heterocycles. The number of ether oxygens (including phenoxy) is 1. The normalized spacial score (nSPS) is 44.6. The number of hydrogen-bond donors (Lipinski definition) is 0. The van der Waals surface area contributed by atoms with Crippen LogP contribution in [0.1, 0.15) is 98.3 Å². The molecule has 2 aliphatic heterocycles. The van der Waals surface area contributed by atoms with Gasteiger partial charge in [-0.25, -0.2) is 0 Å². The van der Waals surface area contributed by atoms with Gasteiger partial charge in [-0.15, -0.1) is 18.3 Å². The number of fused-ring (bicyclic) bond motifs is 2. The van der Waals surface area contributed by atoms with E-state index in [0.717, 1.165) is 63.5 Å². The Balaban J connectivity index is 1.39. The van der Waals surface area contributed by atoms with Gasteiger partial charge in [0.1, 0.15) is 11.9 Å². The molecule has 3 saturated carbocycles. The van der Waals surface area contributed by atoms with E-state index in [-0.39, 0.29) is 28.8 Å². The van der Waals surface area contributed by atoms with Crippen molar-refractivity contribution in [3.63, 3.8) is 0 Å². The van der Waals surface area contributed by atoms with E-state index in [2.05, 4.69) is 52.3 Å². The van der Waals surface area contributed by atoms with Crippen LogP contribution in [0.5, 0.6) is 0 Å². The highest BCUT2D eigenvalue weighted by Crippen LogP contribution is 2.56. The third-order valence-corrected chi connectivity index (χ3v) is 11.8. The molecule has 2 saturated heterocycles. The van der Waals surface area contributed by atoms with E-state index in [9.17, 15) is 9.59 Å². The number of carbonyl (C=O) groups is 2. The summed E-state index contributed by atoms with van der Waals surface area (Å²) in [6.07, 6.45) is 13.5. The van der Waals surface area contributed by atoms with Crippen molar-refractivity contribution in [1.82, 2.24) is 4.90 Å². The fourth-order valence-corrected chi connectivity index (χ4v) is 9.46. The molecule has 0 N–H and O–H groups in total. The van der Waals surface area contributed by atoms with Crippen LogP contribution in [0.2, 0.25) is 0 Å². The van der Waals surface area contributed by atoms with Gasteiger partial charge in [0.15, 0.2) is 0 Å². The second kappa shape index (κ2) is 10.9. The first kappa shape index (κ1) is 27.2. The molecule has 0 aromatic carbocycles. The predicted molar refractivity (Wildman–Crippen MR) is 145 cm³/mol. The molecule has 3 aliphatic carbocycles. The fourth-order valence-electron chi connectivity index (χ4n) is 8.30. The summed E-state index contributed by atoms with van der Waals surface area (Å²) in [5, 5.41) is 0.599. The van der Waals surface area contributed by atoms with Gasteiger partial charge in [0.2, 0.25) is 0 Å². The van der Waals surface area contributed by atoms with Gasteiger partial charge in [0, 0.05) is 29.7 Å². The Bertz CT molecular complexity index is 788. The zero-order chi connectivity index (χ0) is 25.4. The fraction of sp³-hybridized carbons (Fsp3) is 0.867. The number of rotatable bonds is 6. The van der Waals surface area contributed by atoms with E-state index in [1.807, 2.05) is 11.8 Å². The van der Waals surface area contributed by atoms with Crippen LogP contribution in [0.25, 0.3) is 0 Å². The Hall–Kier alpha value is -0.810. The van der Waals surface area contributed by atoms with Gasteiger partial charge in [0.05, 0.1) is 5.75 Å². The van der Waals surface area contributed by atoms with E-state index in [4.69, 9.17) is 4.74 Å². The molecule has 2 bridgehead atoms. The number of esters is 1. The summed E-state index contributed by atoms with van der Waals surface area (Å²) in [4.78, 5) is 28.2. The van der Waals surface area contributed by atoms with Crippen LogP contribution in [0.15, 0.2) is 12.7 Å². The number of Topliss-reactive ketones (excluding diaryl/α,β-unsaturated/α-hetero) is 1. The van der Waals surface area contributed by atoms with Crippen LogP contribution in [-0.2, 0) is 14.3 Å². The molecule has 5 fully saturated rings. The summed E-state index contributed by atoms with van der Waals surface area (Å²) in [5.74, 6) is 2.05. The van der Waals surface area contributed by atoms with Crippen molar-refractivity contribution in [1.29, 1.82) is 0 Å². The van der Waals surface area contributed by atoms with Gasteiger partial charge in [-0.2, -0.15) is 0 Å². The summed E-state index contributed by atoms with van der Waals surface area (Å²) < 4.78 is 6.18. The monoisotopic (exact) mass is 503 g/mol. The predicted octanol–water partition coefficient (Wildman–Crippen LogP) is 6.67. The molecule has 0 radical (unpaired) electrons. The largest absolute Gasteiger partial charge is 0.462 e. The molecule has 0 amide bonds. The van der Waals surface area contributed by atoms with Crippen molar-refractivity contribution in [2.45, 2.75) is 122 Å². The number of ketones is 1. The lowest BCUT2D eigenvalue weighted by molar-refractivity contribution is -0.148. The molecule has 1 unspecified atom stereocenters. The van der Waals surface area contributed by atoms with Crippen molar-refractivity contribution >= 4 is 23.5 Å².